The van der Waals surface area contributed by atoms with Crippen molar-refractivity contribution in [2.75, 3.05) is 0 Å². The Morgan fingerprint density at radius 2 is 2.00 bits per heavy atom. The summed E-state index contributed by atoms with van der Waals surface area (Å²) >= 11 is 17.3. The SMILES string of the molecule is S=c1[nH]ncn1/N=C\c1cn(Cc2ccc(Cl)c(Cl)c2)c2ccccc12. The van der Waals surface area contributed by atoms with Crippen LogP contribution in [0.4, 0.5) is 0 Å². The summed E-state index contributed by atoms with van der Waals surface area (Å²) < 4.78 is 4.12. The zero-order valence-corrected chi connectivity index (χ0v) is 15.8. The van der Waals surface area contributed by atoms with Crippen LogP contribution in [0.25, 0.3) is 10.9 Å². The molecule has 0 saturated carbocycles. The van der Waals surface area contributed by atoms with E-state index in [0.717, 1.165) is 22.0 Å². The van der Waals surface area contributed by atoms with Crippen LogP contribution in [0.15, 0.2) is 60.1 Å². The molecule has 0 bridgehead atoms. The van der Waals surface area contributed by atoms with Gasteiger partial charge in [-0.15, -0.1) is 0 Å². The number of benzene rings is 2. The van der Waals surface area contributed by atoms with Gasteiger partial charge in [-0.1, -0.05) is 47.5 Å². The lowest BCUT2D eigenvalue weighted by atomic mass is 10.2. The molecule has 0 aliphatic carbocycles. The van der Waals surface area contributed by atoms with Crippen molar-refractivity contribution < 1.29 is 0 Å². The van der Waals surface area contributed by atoms with E-state index < -0.39 is 0 Å². The summed E-state index contributed by atoms with van der Waals surface area (Å²) in [6, 6.07) is 13.8. The number of halogens is 2. The van der Waals surface area contributed by atoms with Gasteiger partial charge in [0.05, 0.1) is 16.3 Å². The Morgan fingerprint density at radius 1 is 1.15 bits per heavy atom. The fourth-order valence-electron chi connectivity index (χ4n) is 2.79. The monoisotopic (exact) mass is 401 g/mol. The van der Waals surface area contributed by atoms with Crippen LogP contribution in [0, 0.1) is 4.77 Å². The molecule has 8 heteroatoms. The van der Waals surface area contributed by atoms with E-state index in [9.17, 15) is 0 Å². The average molecular weight is 402 g/mol. The molecule has 2 heterocycles. The van der Waals surface area contributed by atoms with Crippen LogP contribution in [-0.4, -0.2) is 25.7 Å². The van der Waals surface area contributed by atoms with E-state index >= 15 is 0 Å². The minimum atomic E-state index is 0.445. The highest BCUT2D eigenvalue weighted by atomic mass is 35.5. The predicted molar refractivity (Wildman–Crippen MR) is 108 cm³/mol. The van der Waals surface area contributed by atoms with Crippen LogP contribution < -0.4 is 0 Å². The van der Waals surface area contributed by atoms with E-state index in [-0.39, 0.29) is 0 Å². The molecule has 0 radical (unpaired) electrons. The molecule has 0 unspecified atom stereocenters. The van der Waals surface area contributed by atoms with Crippen LogP contribution in [0.5, 0.6) is 0 Å². The number of nitrogens with zero attached hydrogens (tertiary/aromatic N) is 4. The van der Waals surface area contributed by atoms with Gasteiger partial charge in [0, 0.05) is 29.2 Å². The summed E-state index contributed by atoms with van der Waals surface area (Å²) in [4.78, 5) is 0. The highest BCUT2D eigenvalue weighted by molar-refractivity contribution is 7.71. The average Bonchev–Trinajstić information content (AvgIpc) is 3.20. The minimum absolute atomic E-state index is 0.445. The summed E-state index contributed by atoms with van der Waals surface area (Å²) in [5.41, 5.74) is 3.17. The third kappa shape index (κ3) is 3.31. The van der Waals surface area contributed by atoms with E-state index in [1.165, 1.54) is 11.0 Å². The molecule has 1 N–H and O–H groups in total. The molecular formula is C18H13Cl2N5S. The van der Waals surface area contributed by atoms with Crippen molar-refractivity contribution in [1.29, 1.82) is 0 Å². The number of aromatic nitrogens is 4. The Hall–Kier alpha value is -2.41. The van der Waals surface area contributed by atoms with Gasteiger partial charge >= 0.3 is 0 Å². The van der Waals surface area contributed by atoms with Crippen molar-refractivity contribution >= 4 is 52.5 Å². The maximum absolute atomic E-state index is 6.14. The lowest BCUT2D eigenvalue weighted by molar-refractivity contribution is 0.835. The first-order chi connectivity index (χ1) is 12.6. The van der Waals surface area contributed by atoms with E-state index in [1.807, 2.05) is 30.3 Å². The van der Waals surface area contributed by atoms with Gasteiger partial charge in [-0.3, -0.25) is 5.10 Å². The molecule has 2 aromatic carbocycles. The van der Waals surface area contributed by atoms with Crippen LogP contribution in [0.3, 0.4) is 0 Å². The Morgan fingerprint density at radius 3 is 2.77 bits per heavy atom. The molecule has 2 aromatic heterocycles. The van der Waals surface area contributed by atoms with Crippen LogP contribution in [-0.2, 0) is 6.54 Å². The molecule has 5 nitrogen and oxygen atoms in total. The maximum Gasteiger partial charge on any atom is 0.216 e. The number of rotatable bonds is 4. The van der Waals surface area contributed by atoms with Crippen molar-refractivity contribution in [3.8, 4) is 0 Å². The van der Waals surface area contributed by atoms with Gasteiger partial charge in [-0.2, -0.15) is 14.9 Å². The molecule has 0 spiro atoms. The van der Waals surface area contributed by atoms with E-state index in [4.69, 9.17) is 35.4 Å². The molecule has 0 amide bonds. The molecule has 0 atom stereocenters. The third-order valence-corrected chi connectivity index (χ3v) is 5.03. The first-order valence-electron chi connectivity index (χ1n) is 7.80. The second-order valence-corrected chi connectivity index (χ2v) is 6.93. The molecule has 26 heavy (non-hydrogen) atoms. The van der Waals surface area contributed by atoms with Gasteiger partial charge in [0.25, 0.3) is 0 Å². The van der Waals surface area contributed by atoms with E-state index in [0.29, 0.717) is 21.4 Å². The third-order valence-electron chi connectivity index (χ3n) is 4.01. The Bertz CT molecular complexity index is 1170. The first kappa shape index (κ1) is 17.0. The van der Waals surface area contributed by atoms with Crippen molar-refractivity contribution in [3.05, 3.63) is 80.9 Å². The molecule has 4 aromatic rings. The minimum Gasteiger partial charge on any atom is -0.342 e. The number of hydrogen-bond donors (Lipinski definition) is 1. The summed E-state index contributed by atoms with van der Waals surface area (Å²) in [5.74, 6) is 0. The van der Waals surface area contributed by atoms with E-state index in [2.05, 4.69) is 38.2 Å². The topological polar surface area (TPSA) is 50.9 Å². The van der Waals surface area contributed by atoms with Gasteiger partial charge < -0.3 is 4.57 Å². The smallest absolute Gasteiger partial charge is 0.216 e. The second kappa shape index (κ2) is 7.07. The molecule has 0 aliphatic heterocycles. The lowest BCUT2D eigenvalue weighted by Crippen LogP contribution is -1.97. The molecule has 4 rings (SSSR count). The molecular weight excluding hydrogens is 389 g/mol. The van der Waals surface area contributed by atoms with Crippen molar-refractivity contribution in [1.82, 2.24) is 19.4 Å². The fourth-order valence-corrected chi connectivity index (χ4v) is 3.26. The van der Waals surface area contributed by atoms with Gasteiger partial charge in [-0.25, -0.2) is 0 Å². The highest BCUT2D eigenvalue weighted by Gasteiger charge is 2.08. The zero-order chi connectivity index (χ0) is 18.1. The Kier molecular flexibility index (Phi) is 4.63. The van der Waals surface area contributed by atoms with Crippen molar-refractivity contribution in [3.63, 3.8) is 0 Å². The standard InChI is InChI=1S/C18H13Cl2N5S/c19-15-6-5-12(7-16(15)20)9-24-10-13(14-3-1-2-4-17(14)24)8-22-25-11-21-23-18(25)26/h1-8,10-11H,9H2,(H,23,26)/b22-8-. The number of hydrogen-bond acceptors (Lipinski definition) is 3. The summed E-state index contributed by atoms with van der Waals surface area (Å²) in [7, 11) is 0. The van der Waals surface area contributed by atoms with Gasteiger partial charge in [0.1, 0.15) is 6.33 Å². The van der Waals surface area contributed by atoms with Crippen LogP contribution in [0.1, 0.15) is 11.1 Å². The first-order valence-corrected chi connectivity index (χ1v) is 8.96. The predicted octanol–water partition coefficient (Wildman–Crippen LogP) is 5.13. The number of aromatic amines is 1. The largest absolute Gasteiger partial charge is 0.342 e. The quantitative estimate of drug-likeness (QED) is 0.380. The zero-order valence-electron chi connectivity index (χ0n) is 13.4. The lowest BCUT2D eigenvalue weighted by Gasteiger charge is -2.06. The molecule has 130 valence electrons. The molecule has 0 saturated heterocycles. The van der Waals surface area contributed by atoms with Crippen molar-refractivity contribution in [2.24, 2.45) is 5.10 Å². The second-order valence-electron chi connectivity index (χ2n) is 5.73. The summed E-state index contributed by atoms with van der Waals surface area (Å²) in [6.07, 6.45) is 5.37. The fraction of sp³-hybridized carbons (Fsp3) is 0.0556. The maximum atomic E-state index is 6.14. The number of H-pyrrole nitrogens is 1. The van der Waals surface area contributed by atoms with Gasteiger partial charge in [0.2, 0.25) is 4.77 Å². The summed E-state index contributed by atoms with van der Waals surface area (Å²) in [5, 5.41) is 13.1. The normalized spacial score (nSPS) is 11.6. The summed E-state index contributed by atoms with van der Waals surface area (Å²) in [6.45, 7) is 0.677. The van der Waals surface area contributed by atoms with Crippen molar-refractivity contribution in [2.45, 2.75) is 6.54 Å². The van der Waals surface area contributed by atoms with Gasteiger partial charge in [0.15, 0.2) is 0 Å². The van der Waals surface area contributed by atoms with E-state index in [1.54, 1.807) is 6.21 Å². The number of nitrogens with one attached hydrogen (secondary N) is 1. The highest BCUT2D eigenvalue weighted by Crippen LogP contribution is 2.25. The van der Waals surface area contributed by atoms with Crippen LogP contribution in [0.2, 0.25) is 10.0 Å². The Balaban J connectivity index is 1.74. The Labute approximate surface area is 164 Å². The molecule has 0 fully saturated rings. The number of para-hydroxylation sites is 1. The van der Waals surface area contributed by atoms with Gasteiger partial charge in [-0.05, 0) is 36.0 Å². The van der Waals surface area contributed by atoms with Crippen LogP contribution >= 0.6 is 35.4 Å². The number of fused-ring (bicyclic) bond motifs is 1. The molecule has 0 aliphatic rings.